The van der Waals surface area contributed by atoms with Crippen LogP contribution in [0.5, 0.6) is 0 Å². The first kappa shape index (κ1) is 16.1. The van der Waals surface area contributed by atoms with Gasteiger partial charge < -0.3 is 9.45 Å². The van der Waals surface area contributed by atoms with Gasteiger partial charge in [-0.3, -0.25) is 4.21 Å². The van der Waals surface area contributed by atoms with Crippen molar-refractivity contribution in [2.75, 3.05) is 4.90 Å². The highest BCUT2D eigenvalue weighted by atomic mass is 32.2. The zero-order valence-electron chi connectivity index (χ0n) is 14.1. The van der Waals surface area contributed by atoms with Crippen LogP contribution in [0.3, 0.4) is 0 Å². The molecule has 0 bridgehead atoms. The predicted octanol–water partition coefficient (Wildman–Crippen LogP) is 5.03. The van der Waals surface area contributed by atoms with E-state index in [1.165, 1.54) is 11.1 Å². The number of fused-ring (bicyclic) bond motifs is 2. The normalized spacial score (nSPS) is 16.0. The SMILES string of the molecule is CC1(C)c2ccccc2N(c2ccc(S(=O)[O-])cc2)c2ccccc21. The number of anilines is 3. The van der Waals surface area contributed by atoms with Gasteiger partial charge in [-0.25, -0.2) is 0 Å². The maximum absolute atomic E-state index is 11.2. The minimum Gasteiger partial charge on any atom is -0.768 e. The van der Waals surface area contributed by atoms with Crippen LogP contribution >= 0.6 is 0 Å². The molecule has 0 radical (unpaired) electrons. The van der Waals surface area contributed by atoms with Crippen LogP contribution in [0.15, 0.2) is 77.7 Å². The first-order chi connectivity index (χ1) is 12.0. The van der Waals surface area contributed by atoms with Crippen molar-refractivity contribution < 1.29 is 8.76 Å². The molecule has 0 aromatic heterocycles. The number of hydrogen-bond donors (Lipinski definition) is 0. The summed E-state index contributed by atoms with van der Waals surface area (Å²) in [5.74, 6) is 0. The van der Waals surface area contributed by atoms with Crippen LogP contribution in [0, 0.1) is 0 Å². The van der Waals surface area contributed by atoms with Gasteiger partial charge in [0, 0.05) is 16.0 Å². The number of hydrogen-bond acceptors (Lipinski definition) is 3. The van der Waals surface area contributed by atoms with Gasteiger partial charge in [0.2, 0.25) is 0 Å². The maximum Gasteiger partial charge on any atom is 0.0502 e. The van der Waals surface area contributed by atoms with Gasteiger partial charge in [0.1, 0.15) is 0 Å². The Kier molecular flexibility index (Phi) is 3.74. The van der Waals surface area contributed by atoms with E-state index in [9.17, 15) is 8.76 Å². The lowest BCUT2D eigenvalue weighted by Crippen LogP contribution is -2.30. The minimum atomic E-state index is -2.21. The van der Waals surface area contributed by atoms with E-state index in [2.05, 4.69) is 55.1 Å². The van der Waals surface area contributed by atoms with Crippen LogP contribution < -0.4 is 4.90 Å². The fourth-order valence-electron chi connectivity index (χ4n) is 3.65. The molecule has 25 heavy (non-hydrogen) atoms. The molecule has 1 atom stereocenters. The molecule has 1 aliphatic rings. The molecule has 1 heterocycles. The molecule has 0 spiro atoms. The molecule has 4 rings (SSSR count). The summed E-state index contributed by atoms with van der Waals surface area (Å²) in [6, 6.07) is 23.8. The number of rotatable bonds is 2. The van der Waals surface area contributed by atoms with E-state index >= 15 is 0 Å². The van der Waals surface area contributed by atoms with Crippen molar-refractivity contribution in [1.82, 2.24) is 0 Å². The van der Waals surface area contributed by atoms with E-state index in [4.69, 9.17) is 0 Å². The summed E-state index contributed by atoms with van der Waals surface area (Å²) < 4.78 is 22.3. The van der Waals surface area contributed by atoms with Gasteiger partial charge in [-0.1, -0.05) is 50.2 Å². The quantitative estimate of drug-likeness (QED) is 0.610. The van der Waals surface area contributed by atoms with Crippen molar-refractivity contribution in [3.05, 3.63) is 83.9 Å². The third-order valence-corrected chi connectivity index (χ3v) is 5.58. The molecule has 0 N–H and O–H groups in total. The van der Waals surface area contributed by atoms with Crippen LogP contribution in [0.2, 0.25) is 0 Å². The Morgan fingerprint density at radius 1 is 0.800 bits per heavy atom. The number of nitrogens with zero attached hydrogens (tertiary/aromatic N) is 1. The molecule has 3 aromatic rings. The summed E-state index contributed by atoms with van der Waals surface area (Å²) in [4.78, 5) is 2.50. The van der Waals surface area contributed by atoms with Crippen molar-refractivity contribution in [2.45, 2.75) is 24.2 Å². The van der Waals surface area contributed by atoms with Crippen molar-refractivity contribution in [3.63, 3.8) is 0 Å². The van der Waals surface area contributed by atoms with E-state index in [0.29, 0.717) is 4.90 Å². The Labute approximate surface area is 150 Å². The summed E-state index contributed by atoms with van der Waals surface area (Å²) >= 11 is -2.21. The second-order valence-electron chi connectivity index (χ2n) is 6.72. The largest absolute Gasteiger partial charge is 0.768 e. The summed E-state index contributed by atoms with van der Waals surface area (Å²) in [5.41, 5.74) is 5.62. The first-order valence-electron chi connectivity index (χ1n) is 8.18. The Bertz CT molecular complexity index is 914. The molecule has 0 fully saturated rings. The second kappa shape index (κ2) is 5.83. The van der Waals surface area contributed by atoms with E-state index < -0.39 is 11.1 Å². The van der Waals surface area contributed by atoms with Crippen LogP contribution in [0.4, 0.5) is 17.1 Å². The standard InChI is InChI=1S/C21H19NO2S/c1-21(2)17-7-3-5-9-19(17)22(20-10-6-4-8-18(20)21)15-11-13-16(14-12-15)25(23)24/h3-14H,1-2H3,(H,23,24)/p-1. The zero-order valence-corrected chi connectivity index (χ0v) is 14.9. The lowest BCUT2D eigenvalue weighted by Gasteiger charge is -2.42. The Morgan fingerprint density at radius 3 is 1.76 bits per heavy atom. The highest BCUT2D eigenvalue weighted by Crippen LogP contribution is 2.51. The van der Waals surface area contributed by atoms with Crippen molar-refractivity contribution in [1.29, 1.82) is 0 Å². The lowest BCUT2D eigenvalue weighted by molar-refractivity contribution is 0.537. The molecule has 3 nitrogen and oxygen atoms in total. The van der Waals surface area contributed by atoms with Gasteiger partial charge in [-0.15, -0.1) is 0 Å². The highest BCUT2D eigenvalue weighted by Gasteiger charge is 2.36. The Morgan fingerprint density at radius 2 is 1.28 bits per heavy atom. The minimum absolute atomic E-state index is 0.0971. The molecule has 126 valence electrons. The van der Waals surface area contributed by atoms with Crippen molar-refractivity contribution in [3.8, 4) is 0 Å². The van der Waals surface area contributed by atoms with Crippen LogP contribution in [-0.4, -0.2) is 8.76 Å². The molecular weight excluding hydrogens is 330 g/mol. The smallest absolute Gasteiger partial charge is 0.0502 e. The zero-order chi connectivity index (χ0) is 17.6. The van der Waals surface area contributed by atoms with Crippen LogP contribution in [-0.2, 0) is 16.5 Å². The fourth-order valence-corrected chi connectivity index (χ4v) is 4.01. The van der Waals surface area contributed by atoms with Crippen molar-refractivity contribution >= 4 is 28.1 Å². The predicted molar refractivity (Wildman–Crippen MR) is 100 cm³/mol. The number of para-hydroxylation sites is 2. The first-order valence-corrected chi connectivity index (χ1v) is 9.26. The number of benzene rings is 3. The second-order valence-corrected chi connectivity index (χ2v) is 7.66. The molecule has 1 aliphatic heterocycles. The monoisotopic (exact) mass is 348 g/mol. The van der Waals surface area contributed by atoms with Crippen LogP contribution in [0.1, 0.15) is 25.0 Å². The average Bonchev–Trinajstić information content (AvgIpc) is 2.62. The van der Waals surface area contributed by atoms with E-state index in [-0.39, 0.29) is 5.41 Å². The molecule has 0 saturated carbocycles. The van der Waals surface area contributed by atoms with E-state index in [0.717, 1.165) is 17.1 Å². The molecule has 3 aromatic carbocycles. The van der Waals surface area contributed by atoms with E-state index in [1.54, 1.807) is 12.1 Å². The van der Waals surface area contributed by atoms with Gasteiger partial charge in [-0.2, -0.15) is 0 Å². The Balaban J connectivity index is 1.96. The summed E-state index contributed by atoms with van der Waals surface area (Å²) in [7, 11) is 0. The molecule has 0 amide bonds. The lowest BCUT2D eigenvalue weighted by atomic mass is 9.73. The third kappa shape index (κ3) is 2.49. The summed E-state index contributed by atoms with van der Waals surface area (Å²) in [5, 5.41) is 0. The summed E-state index contributed by atoms with van der Waals surface area (Å²) in [6.45, 7) is 4.48. The molecule has 0 saturated heterocycles. The third-order valence-electron chi connectivity index (χ3n) is 4.92. The topological polar surface area (TPSA) is 43.4 Å². The highest BCUT2D eigenvalue weighted by molar-refractivity contribution is 7.79. The molecular formula is C21H18NO2S-. The van der Waals surface area contributed by atoms with Gasteiger partial charge in [-0.05, 0) is 58.6 Å². The summed E-state index contributed by atoms with van der Waals surface area (Å²) in [6.07, 6.45) is 0. The molecule has 1 unspecified atom stereocenters. The molecule has 0 aliphatic carbocycles. The van der Waals surface area contributed by atoms with Gasteiger partial charge in [0.25, 0.3) is 0 Å². The fraction of sp³-hybridized carbons (Fsp3) is 0.143. The Hall–Kier alpha value is -2.43. The maximum atomic E-state index is 11.2. The average molecular weight is 348 g/mol. The van der Waals surface area contributed by atoms with Crippen LogP contribution in [0.25, 0.3) is 0 Å². The van der Waals surface area contributed by atoms with Gasteiger partial charge in [0.05, 0.1) is 11.4 Å². The van der Waals surface area contributed by atoms with Crippen molar-refractivity contribution in [2.24, 2.45) is 0 Å². The van der Waals surface area contributed by atoms with Gasteiger partial charge in [0.15, 0.2) is 0 Å². The van der Waals surface area contributed by atoms with E-state index in [1.807, 2.05) is 24.3 Å². The molecule has 4 heteroatoms. The van der Waals surface area contributed by atoms with Gasteiger partial charge >= 0.3 is 0 Å².